The molecule has 2 aliphatic rings. The SMILES string of the molecule is COc1nc(-c2cccc(-c3cccc(Nc4nc(C(F)(F)F)nc5c4c(=O)n(C)c(=O)n5C)c3Cl)c2Cl)cc2c1[C@@H](N1CCC(CCC=O)C1)CC2. The van der Waals surface area contributed by atoms with Crippen molar-refractivity contribution in [2.24, 2.45) is 20.0 Å². The first-order chi connectivity index (χ1) is 25.3. The Kier molecular flexibility index (Phi) is 9.81. The first-order valence-electron chi connectivity index (χ1n) is 17.0. The Morgan fingerprint density at radius 1 is 0.981 bits per heavy atom. The van der Waals surface area contributed by atoms with Crippen LogP contribution in [0, 0.1) is 5.92 Å². The second-order valence-corrected chi connectivity index (χ2v) is 14.1. The standard InChI is InChI=1S/C37H34Cl2F3N7O4/c1-47-32-28(34(51)48(2)36(47)52)31(45-35(46-32)37(40,41)42)43-24-11-5-9-22(30(24)39)21-8-4-10-23(29(21)38)25-17-20-12-13-26(27(20)33(44-25)53-3)49-15-14-19(18-49)7-6-16-50/h4-5,8-11,16-17,19,26H,6-7,12-15,18H2,1-3H3,(H,43,45,46)/t19?,26-/m0/s1. The van der Waals surface area contributed by atoms with Crippen molar-refractivity contribution in [2.45, 2.75) is 44.3 Å². The Labute approximate surface area is 311 Å². The van der Waals surface area contributed by atoms with Crippen molar-refractivity contribution in [1.82, 2.24) is 29.0 Å². The summed E-state index contributed by atoms with van der Waals surface area (Å²) in [4.78, 5) is 51.2. The van der Waals surface area contributed by atoms with Crippen molar-refractivity contribution in [3.63, 3.8) is 0 Å². The van der Waals surface area contributed by atoms with Crippen LogP contribution in [0.1, 0.15) is 48.7 Å². The summed E-state index contributed by atoms with van der Waals surface area (Å²) < 4.78 is 49.2. The van der Waals surface area contributed by atoms with E-state index in [4.69, 9.17) is 32.9 Å². The molecule has 1 N–H and O–H groups in total. The summed E-state index contributed by atoms with van der Waals surface area (Å²) in [5.74, 6) is -0.997. The molecular weight excluding hydrogens is 734 g/mol. The molecule has 0 amide bonds. The molecule has 0 bridgehead atoms. The average Bonchev–Trinajstić information content (AvgIpc) is 3.79. The lowest BCUT2D eigenvalue weighted by Crippen LogP contribution is -2.38. The highest BCUT2D eigenvalue weighted by Gasteiger charge is 2.38. The normalized spacial score (nSPS) is 17.4. The summed E-state index contributed by atoms with van der Waals surface area (Å²) in [6.45, 7) is 1.88. The van der Waals surface area contributed by atoms with E-state index >= 15 is 0 Å². The van der Waals surface area contributed by atoms with Gasteiger partial charge in [0, 0.05) is 55.4 Å². The number of hydrogen-bond donors (Lipinski definition) is 1. The van der Waals surface area contributed by atoms with E-state index < -0.39 is 34.7 Å². The summed E-state index contributed by atoms with van der Waals surface area (Å²) in [5, 5.41) is 2.90. The summed E-state index contributed by atoms with van der Waals surface area (Å²) in [6.07, 6.45) is 0.288. The molecular formula is C37H34Cl2F3N7O4. The van der Waals surface area contributed by atoms with E-state index in [9.17, 15) is 27.6 Å². The lowest BCUT2D eigenvalue weighted by Gasteiger charge is -2.26. The molecule has 11 nitrogen and oxygen atoms in total. The van der Waals surface area contributed by atoms with Gasteiger partial charge in [-0.3, -0.25) is 18.8 Å². The van der Waals surface area contributed by atoms with Crippen molar-refractivity contribution in [3.05, 3.63) is 90.3 Å². The molecule has 276 valence electrons. The summed E-state index contributed by atoms with van der Waals surface area (Å²) in [6, 6.07) is 12.5. The molecule has 2 atom stereocenters. The summed E-state index contributed by atoms with van der Waals surface area (Å²) in [7, 11) is 4.02. The molecule has 1 aliphatic carbocycles. The van der Waals surface area contributed by atoms with Crippen molar-refractivity contribution < 1.29 is 22.7 Å². The van der Waals surface area contributed by atoms with Gasteiger partial charge in [0.2, 0.25) is 11.7 Å². The number of benzene rings is 2. The minimum absolute atomic E-state index is 0.0907. The van der Waals surface area contributed by atoms with Gasteiger partial charge in [0.25, 0.3) is 5.56 Å². The predicted octanol–water partition coefficient (Wildman–Crippen LogP) is 7.12. The Morgan fingerprint density at radius 2 is 1.70 bits per heavy atom. The Bertz CT molecular complexity index is 2400. The first kappa shape index (κ1) is 36.6. The minimum Gasteiger partial charge on any atom is -0.481 e. The number of alkyl halides is 3. The van der Waals surface area contributed by atoms with E-state index in [0.29, 0.717) is 45.6 Å². The molecule has 1 fully saturated rings. The number of nitrogens with zero attached hydrogens (tertiary/aromatic N) is 6. The maximum absolute atomic E-state index is 13.9. The van der Waals surface area contributed by atoms with Crippen LogP contribution in [0.15, 0.2) is 52.1 Å². The maximum atomic E-state index is 13.9. The third-order valence-electron chi connectivity index (χ3n) is 10.1. The van der Waals surface area contributed by atoms with Crippen molar-refractivity contribution in [1.29, 1.82) is 0 Å². The van der Waals surface area contributed by atoms with E-state index in [2.05, 4.69) is 20.2 Å². The summed E-state index contributed by atoms with van der Waals surface area (Å²) in [5.41, 5.74) is 2.31. The number of carbonyl (C=O) groups is 1. The quantitative estimate of drug-likeness (QED) is 0.156. The maximum Gasteiger partial charge on any atom is 0.451 e. The molecule has 2 aromatic carbocycles. The van der Waals surface area contributed by atoms with Crippen LogP contribution in [0.2, 0.25) is 10.0 Å². The number of likely N-dealkylation sites (tertiary alicyclic amines) is 1. The van der Waals surface area contributed by atoms with Crippen LogP contribution >= 0.6 is 23.2 Å². The van der Waals surface area contributed by atoms with Crippen LogP contribution in [0.25, 0.3) is 33.4 Å². The van der Waals surface area contributed by atoms with Crippen LogP contribution in [-0.4, -0.2) is 55.5 Å². The van der Waals surface area contributed by atoms with E-state index in [1.807, 2.05) is 12.1 Å². The van der Waals surface area contributed by atoms with Crippen molar-refractivity contribution in [2.75, 3.05) is 25.5 Å². The number of nitrogens with one attached hydrogen (secondary N) is 1. The number of fused-ring (bicyclic) bond motifs is 2. The number of aromatic nitrogens is 5. The molecule has 3 aromatic heterocycles. The Morgan fingerprint density at radius 3 is 2.42 bits per heavy atom. The molecule has 5 aromatic rings. The second-order valence-electron chi connectivity index (χ2n) is 13.3. The Balaban J connectivity index is 1.25. The van der Waals surface area contributed by atoms with Crippen LogP contribution in [0.3, 0.4) is 0 Å². The molecule has 1 saturated heterocycles. The largest absolute Gasteiger partial charge is 0.481 e. The van der Waals surface area contributed by atoms with Gasteiger partial charge in [0.05, 0.1) is 28.5 Å². The number of anilines is 2. The zero-order valence-corrected chi connectivity index (χ0v) is 30.4. The van der Waals surface area contributed by atoms with Gasteiger partial charge >= 0.3 is 11.9 Å². The van der Waals surface area contributed by atoms with Gasteiger partial charge in [0.1, 0.15) is 17.5 Å². The van der Waals surface area contributed by atoms with Gasteiger partial charge in [0.15, 0.2) is 5.65 Å². The number of aryl methyl sites for hydroxylation is 2. The van der Waals surface area contributed by atoms with E-state index in [1.165, 1.54) is 20.2 Å². The van der Waals surface area contributed by atoms with Crippen LogP contribution in [0.5, 0.6) is 5.88 Å². The highest BCUT2D eigenvalue weighted by Crippen LogP contribution is 2.47. The molecule has 16 heteroatoms. The molecule has 0 saturated carbocycles. The molecule has 4 heterocycles. The number of aldehydes is 1. The number of carbonyl (C=O) groups excluding carboxylic acids is 1. The molecule has 1 aliphatic heterocycles. The molecule has 0 spiro atoms. The third kappa shape index (κ3) is 6.57. The first-order valence-corrected chi connectivity index (χ1v) is 17.7. The van der Waals surface area contributed by atoms with Gasteiger partial charge in [-0.15, -0.1) is 0 Å². The highest BCUT2D eigenvalue weighted by molar-refractivity contribution is 6.39. The van der Waals surface area contributed by atoms with E-state index in [1.54, 1.807) is 31.4 Å². The lowest BCUT2D eigenvalue weighted by molar-refractivity contribution is -0.144. The van der Waals surface area contributed by atoms with Gasteiger partial charge < -0.3 is 14.8 Å². The van der Waals surface area contributed by atoms with Crippen molar-refractivity contribution in [3.8, 4) is 28.3 Å². The number of hydrogen-bond acceptors (Lipinski definition) is 9. The van der Waals surface area contributed by atoms with Crippen LogP contribution in [0.4, 0.5) is 24.7 Å². The fraction of sp³-hybridized carbons (Fsp3) is 0.351. The monoisotopic (exact) mass is 767 g/mol. The van der Waals surface area contributed by atoms with E-state index in [-0.39, 0.29) is 22.1 Å². The average molecular weight is 769 g/mol. The summed E-state index contributed by atoms with van der Waals surface area (Å²) >= 11 is 14.0. The zero-order chi connectivity index (χ0) is 37.8. The molecule has 7 rings (SSSR count). The number of rotatable bonds is 9. The predicted molar refractivity (Wildman–Crippen MR) is 196 cm³/mol. The molecule has 0 radical (unpaired) electrons. The van der Waals surface area contributed by atoms with Gasteiger partial charge in [-0.25, -0.2) is 19.7 Å². The smallest absolute Gasteiger partial charge is 0.451 e. The Hall–Kier alpha value is -4.79. The number of halogens is 5. The second kappa shape index (κ2) is 14.2. The van der Waals surface area contributed by atoms with Crippen molar-refractivity contribution >= 4 is 52.0 Å². The number of methoxy groups -OCH3 is 1. The topological polar surface area (TPSA) is 124 Å². The van der Waals surface area contributed by atoms with Crippen LogP contribution < -0.4 is 21.3 Å². The lowest BCUT2D eigenvalue weighted by atomic mass is 9.99. The fourth-order valence-electron chi connectivity index (χ4n) is 7.50. The molecule has 53 heavy (non-hydrogen) atoms. The highest BCUT2D eigenvalue weighted by atomic mass is 35.5. The number of pyridine rings is 1. The van der Waals surface area contributed by atoms with E-state index in [0.717, 1.165) is 65.3 Å². The van der Waals surface area contributed by atoms with Gasteiger partial charge in [-0.1, -0.05) is 53.5 Å². The molecule has 1 unspecified atom stereocenters. The number of ether oxygens (including phenoxy) is 1. The fourth-order valence-corrected chi connectivity index (χ4v) is 8.10. The zero-order valence-electron chi connectivity index (χ0n) is 28.9. The van der Waals surface area contributed by atoms with Gasteiger partial charge in [-0.2, -0.15) is 13.2 Å². The third-order valence-corrected chi connectivity index (χ3v) is 11.0. The van der Waals surface area contributed by atoms with Crippen LogP contribution in [-0.2, 0) is 31.5 Å². The van der Waals surface area contributed by atoms with Gasteiger partial charge in [-0.05, 0) is 55.8 Å². The minimum atomic E-state index is -4.98.